The van der Waals surface area contributed by atoms with Gasteiger partial charge in [-0.25, -0.2) is 0 Å². The fraction of sp³-hybridized carbons (Fsp3) is 0.185. The normalized spacial score (nSPS) is 15.9. The molecule has 0 fully saturated rings. The molecule has 0 nitrogen and oxygen atoms in total. The van der Waals surface area contributed by atoms with Crippen molar-refractivity contribution in [2.24, 2.45) is 0 Å². The molecule has 0 amide bonds. The standard InChI is InChI=1S/C27H26Si.2ClH.Hf/c1-4-11-20-18-19-12-5-6-13-21(19)26(20)28(2,3)27-24-16-9-7-14-22(24)23-15-8-10-17-25(23)27;;;/h4-10,12-18,26-27H,1,11H2,2-3H3;2*1H;/q;;;+2/p-2. The summed E-state index contributed by atoms with van der Waals surface area (Å²) < 4.78 is 0. The Hall–Kier alpha value is -1.19. The molecular formula is C27H26Cl2HfSi. The van der Waals surface area contributed by atoms with Crippen molar-refractivity contribution in [2.45, 2.75) is 30.6 Å². The molecule has 3 aromatic rings. The molecule has 2 aliphatic carbocycles. The van der Waals surface area contributed by atoms with Gasteiger partial charge >= 0.3 is 25.8 Å². The number of allylic oxidation sites excluding steroid dienone is 2. The number of fused-ring (bicyclic) bond motifs is 4. The molecule has 31 heavy (non-hydrogen) atoms. The fourth-order valence-electron chi connectivity index (χ4n) is 5.73. The van der Waals surface area contributed by atoms with Crippen LogP contribution < -0.4 is 24.8 Å². The number of rotatable bonds is 4. The van der Waals surface area contributed by atoms with E-state index >= 15 is 0 Å². The Morgan fingerprint density at radius 1 is 0.742 bits per heavy atom. The molecule has 0 N–H and O–H groups in total. The molecule has 0 aliphatic heterocycles. The maximum Gasteiger partial charge on any atom is 2.00 e. The molecule has 0 bridgehead atoms. The Labute approximate surface area is 218 Å². The van der Waals surface area contributed by atoms with Crippen molar-refractivity contribution in [3.05, 3.63) is 113 Å². The first-order chi connectivity index (χ1) is 13.6. The average molecular weight is 628 g/mol. The minimum atomic E-state index is -1.81. The monoisotopic (exact) mass is 628 g/mol. The van der Waals surface area contributed by atoms with Gasteiger partial charge in [0.2, 0.25) is 0 Å². The van der Waals surface area contributed by atoms with Gasteiger partial charge in [0.05, 0.1) is 8.07 Å². The maximum absolute atomic E-state index is 4.05. The third-order valence-electron chi connectivity index (χ3n) is 6.72. The number of benzene rings is 3. The van der Waals surface area contributed by atoms with Gasteiger partial charge < -0.3 is 24.8 Å². The van der Waals surface area contributed by atoms with Gasteiger partial charge in [-0.2, -0.15) is 0 Å². The van der Waals surface area contributed by atoms with Crippen LogP contribution in [0.4, 0.5) is 0 Å². The SMILES string of the molecule is C=CCC1=Cc2ccccc2C1[Si](C)(C)C1c2ccccc2-c2ccccc21.[Cl-].[Cl-].[Hf+2]. The molecule has 156 valence electrons. The summed E-state index contributed by atoms with van der Waals surface area (Å²) in [5, 5.41) is 0. The van der Waals surface area contributed by atoms with Crippen LogP contribution in [0.5, 0.6) is 0 Å². The molecule has 4 heteroatoms. The van der Waals surface area contributed by atoms with E-state index in [1.54, 1.807) is 5.57 Å². The topological polar surface area (TPSA) is 0 Å². The van der Waals surface area contributed by atoms with Crippen LogP contribution >= 0.6 is 0 Å². The van der Waals surface area contributed by atoms with Gasteiger partial charge in [-0.3, -0.25) is 0 Å². The van der Waals surface area contributed by atoms with Crippen LogP contribution in [0.1, 0.15) is 39.8 Å². The molecule has 1 unspecified atom stereocenters. The predicted molar refractivity (Wildman–Crippen MR) is 123 cm³/mol. The second kappa shape index (κ2) is 10.2. The van der Waals surface area contributed by atoms with E-state index in [-0.39, 0.29) is 50.7 Å². The Bertz CT molecular complexity index is 1070. The first-order valence-corrected chi connectivity index (χ1v) is 13.4. The zero-order valence-electron chi connectivity index (χ0n) is 17.9. The summed E-state index contributed by atoms with van der Waals surface area (Å²) in [6.45, 7) is 9.24. The van der Waals surface area contributed by atoms with E-state index < -0.39 is 8.07 Å². The Morgan fingerprint density at radius 3 is 1.77 bits per heavy atom. The minimum absolute atomic E-state index is 0. The van der Waals surface area contributed by atoms with E-state index in [9.17, 15) is 0 Å². The van der Waals surface area contributed by atoms with Crippen molar-refractivity contribution in [3.8, 4) is 11.1 Å². The molecule has 0 saturated carbocycles. The predicted octanol–water partition coefficient (Wildman–Crippen LogP) is 1.35. The largest absolute Gasteiger partial charge is 2.00 e. The molecule has 2 aliphatic rings. The van der Waals surface area contributed by atoms with Gasteiger partial charge in [-0.05, 0) is 39.8 Å². The van der Waals surface area contributed by atoms with Crippen LogP contribution in [0.2, 0.25) is 13.1 Å². The number of halogens is 2. The first-order valence-electron chi connectivity index (χ1n) is 10.2. The summed E-state index contributed by atoms with van der Waals surface area (Å²) in [5.74, 6) is 0. The van der Waals surface area contributed by atoms with Gasteiger partial charge in [0.15, 0.2) is 0 Å². The summed E-state index contributed by atoms with van der Waals surface area (Å²) in [6.07, 6.45) is 5.49. The zero-order chi connectivity index (χ0) is 19.3. The van der Waals surface area contributed by atoms with E-state index in [0.29, 0.717) is 11.1 Å². The first kappa shape index (κ1) is 26.1. The van der Waals surface area contributed by atoms with Gasteiger partial charge in [0.1, 0.15) is 0 Å². The van der Waals surface area contributed by atoms with Crippen LogP contribution in [-0.2, 0) is 25.8 Å². The van der Waals surface area contributed by atoms with Crippen LogP contribution in [0.15, 0.2) is 91.0 Å². The van der Waals surface area contributed by atoms with Crippen molar-refractivity contribution in [1.82, 2.24) is 0 Å². The van der Waals surface area contributed by atoms with Crippen molar-refractivity contribution in [1.29, 1.82) is 0 Å². The van der Waals surface area contributed by atoms with Crippen LogP contribution in [0, 0.1) is 0 Å². The smallest absolute Gasteiger partial charge is 1.00 e. The van der Waals surface area contributed by atoms with Crippen molar-refractivity contribution in [3.63, 3.8) is 0 Å². The van der Waals surface area contributed by atoms with Gasteiger partial charge in [0.25, 0.3) is 0 Å². The summed E-state index contributed by atoms with van der Waals surface area (Å²) in [5.41, 5.74) is 11.5. The van der Waals surface area contributed by atoms with Crippen molar-refractivity contribution < 1.29 is 50.7 Å². The molecule has 0 aromatic heterocycles. The van der Waals surface area contributed by atoms with Gasteiger partial charge in [-0.1, -0.05) is 104 Å². The van der Waals surface area contributed by atoms with E-state index in [1.165, 1.54) is 33.4 Å². The minimum Gasteiger partial charge on any atom is -1.00 e. The quantitative estimate of drug-likeness (QED) is 0.303. The van der Waals surface area contributed by atoms with Gasteiger partial charge in [-0.15, -0.1) is 6.58 Å². The average Bonchev–Trinajstić information content (AvgIpc) is 3.24. The second-order valence-electron chi connectivity index (χ2n) is 8.70. The van der Waals surface area contributed by atoms with Gasteiger partial charge in [0, 0.05) is 11.1 Å². The molecule has 1 atom stereocenters. The third-order valence-corrected chi connectivity index (χ3v) is 11.0. The Morgan fingerprint density at radius 2 is 1.23 bits per heavy atom. The number of hydrogen-bond donors (Lipinski definition) is 0. The van der Waals surface area contributed by atoms with E-state index in [0.717, 1.165) is 6.42 Å². The molecule has 0 saturated heterocycles. The Balaban J connectivity index is 0.00000114. The summed E-state index contributed by atoms with van der Waals surface area (Å²) >= 11 is 0. The molecule has 0 heterocycles. The number of hydrogen-bond acceptors (Lipinski definition) is 0. The van der Waals surface area contributed by atoms with Crippen molar-refractivity contribution in [2.75, 3.05) is 0 Å². The third kappa shape index (κ3) is 4.13. The van der Waals surface area contributed by atoms with Crippen LogP contribution in [0.25, 0.3) is 17.2 Å². The second-order valence-corrected chi connectivity index (χ2v) is 13.5. The summed E-state index contributed by atoms with van der Waals surface area (Å²) in [4.78, 5) is 0. The summed E-state index contributed by atoms with van der Waals surface area (Å²) in [7, 11) is -1.81. The molecule has 0 radical (unpaired) electrons. The van der Waals surface area contributed by atoms with Crippen LogP contribution in [0.3, 0.4) is 0 Å². The molecule has 5 rings (SSSR count). The zero-order valence-corrected chi connectivity index (χ0v) is 24.0. The Kier molecular flexibility index (Phi) is 8.55. The summed E-state index contributed by atoms with van der Waals surface area (Å²) in [6, 6.07) is 27.1. The van der Waals surface area contributed by atoms with E-state index in [4.69, 9.17) is 0 Å². The van der Waals surface area contributed by atoms with Crippen molar-refractivity contribution >= 4 is 14.1 Å². The molecular weight excluding hydrogens is 602 g/mol. The molecule has 3 aromatic carbocycles. The van der Waals surface area contributed by atoms with E-state index in [2.05, 4.69) is 105 Å². The molecule has 0 spiro atoms. The maximum atomic E-state index is 4.05. The fourth-order valence-corrected chi connectivity index (χ4v) is 10.4. The van der Waals surface area contributed by atoms with Crippen LogP contribution in [-0.4, -0.2) is 8.07 Å². The van der Waals surface area contributed by atoms with E-state index in [1.807, 2.05) is 0 Å².